The van der Waals surface area contributed by atoms with E-state index in [1.54, 1.807) is 11.3 Å². The first kappa shape index (κ1) is 12.9. The lowest BCUT2D eigenvalue weighted by Crippen LogP contribution is -2.23. The summed E-state index contributed by atoms with van der Waals surface area (Å²) in [6.07, 6.45) is 2.48. The van der Waals surface area contributed by atoms with Crippen LogP contribution in [0.15, 0.2) is 4.34 Å². The van der Waals surface area contributed by atoms with Crippen molar-refractivity contribution in [1.29, 1.82) is 0 Å². The lowest BCUT2D eigenvalue weighted by molar-refractivity contribution is 0.567. The van der Waals surface area contributed by atoms with Crippen LogP contribution in [0.2, 0.25) is 0 Å². The molecule has 0 aromatic carbocycles. The monoisotopic (exact) mass is 245 g/mol. The number of nitrogens with zero attached hydrogens (tertiary/aromatic N) is 2. The fourth-order valence-corrected chi connectivity index (χ4v) is 3.00. The maximum atomic E-state index is 4.08. The molecule has 3 nitrogen and oxygen atoms in total. The minimum Gasteiger partial charge on any atom is -0.315 e. The third-order valence-corrected chi connectivity index (χ3v) is 3.92. The SMILES string of the molecule is Cc1nnc(SCCCCNC(C)C)s1. The Balaban J connectivity index is 1.98. The van der Waals surface area contributed by atoms with Gasteiger partial charge in [0, 0.05) is 11.8 Å². The summed E-state index contributed by atoms with van der Waals surface area (Å²) in [6.45, 7) is 7.47. The molecule has 5 heteroatoms. The van der Waals surface area contributed by atoms with Crippen LogP contribution >= 0.6 is 23.1 Å². The molecular weight excluding hydrogens is 226 g/mol. The van der Waals surface area contributed by atoms with Gasteiger partial charge in [0.2, 0.25) is 0 Å². The van der Waals surface area contributed by atoms with Crippen LogP contribution in [0.5, 0.6) is 0 Å². The zero-order chi connectivity index (χ0) is 11.1. The summed E-state index contributed by atoms with van der Waals surface area (Å²) in [5.74, 6) is 1.15. The number of nitrogens with one attached hydrogen (secondary N) is 1. The molecule has 0 fully saturated rings. The van der Waals surface area contributed by atoms with Crippen LogP contribution in [0.3, 0.4) is 0 Å². The van der Waals surface area contributed by atoms with Crippen LogP contribution in [-0.2, 0) is 0 Å². The van der Waals surface area contributed by atoms with Crippen molar-refractivity contribution in [3.8, 4) is 0 Å². The van der Waals surface area contributed by atoms with Crippen molar-refractivity contribution in [2.24, 2.45) is 0 Å². The molecule has 1 aromatic heterocycles. The quantitative estimate of drug-likeness (QED) is 0.592. The molecule has 0 saturated heterocycles. The molecule has 0 saturated carbocycles. The van der Waals surface area contributed by atoms with Gasteiger partial charge in [-0.1, -0.05) is 36.9 Å². The standard InChI is InChI=1S/C10H19N3S2/c1-8(2)11-6-4-5-7-14-10-13-12-9(3)15-10/h8,11H,4-7H2,1-3H3. The average Bonchev–Trinajstić information content (AvgIpc) is 2.57. The number of hydrogen-bond donors (Lipinski definition) is 1. The highest BCUT2D eigenvalue weighted by atomic mass is 32.2. The molecule has 15 heavy (non-hydrogen) atoms. The molecule has 0 spiro atoms. The molecule has 0 radical (unpaired) electrons. The second kappa shape index (κ2) is 7.19. The van der Waals surface area contributed by atoms with Crippen molar-refractivity contribution in [2.75, 3.05) is 12.3 Å². The van der Waals surface area contributed by atoms with Crippen molar-refractivity contribution in [2.45, 2.75) is 44.0 Å². The van der Waals surface area contributed by atoms with Crippen LogP contribution in [0, 0.1) is 6.92 Å². The summed E-state index contributed by atoms with van der Waals surface area (Å²) in [5.41, 5.74) is 0. The van der Waals surface area contributed by atoms with E-state index in [1.165, 1.54) is 12.8 Å². The van der Waals surface area contributed by atoms with E-state index in [0.29, 0.717) is 6.04 Å². The van der Waals surface area contributed by atoms with Crippen LogP contribution in [0.4, 0.5) is 0 Å². The van der Waals surface area contributed by atoms with E-state index >= 15 is 0 Å². The predicted molar refractivity (Wildman–Crippen MR) is 67.7 cm³/mol. The highest BCUT2D eigenvalue weighted by molar-refractivity contribution is 8.01. The number of thioether (sulfide) groups is 1. The number of aromatic nitrogens is 2. The van der Waals surface area contributed by atoms with Crippen LogP contribution in [0.1, 0.15) is 31.7 Å². The maximum absolute atomic E-state index is 4.08. The van der Waals surface area contributed by atoms with Crippen molar-refractivity contribution in [3.63, 3.8) is 0 Å². The Hall–Kier alpha value is -0.130. The van der Waals surface area contributed by atoms with Gasteiger partial charge in [-0.15, -0.1) is 10.2 Å². The molecule has 1 rings (SSSR count). The van der Waals surface area contributed by atoms with Crippen molar-refractivity contribution >= 4 is 23.1 Å². The van der Waals surface area contributed by atoms with E-state index < -0.39 is 0 Å². The minimum atomic E-state index is 0.600. The van der Waals surface area contributed by atoms with Gasteiger partial charge in [-0.2, -0.15) is 0 Å². The predicted octanol–water partition coefficient (Wildman–Crippen LogP) is 2.72. The molecule has 0 atom stereocenters. The van der Waals surface area contributed by atoms with Gasteiger partial charge in [-0.3, -0.25) is 0 Å². The van der Waals surface area contributed by atoms with E-state index in [2.05, 4.69) is 29.4 Å². The molecule has 1 aromatic rings. The van der Waals surface area contributed by atoms with Gasteiger partial charge in [-0.25, -0.2) is 0 Å². The molecule has 0 aliphatic heterocycles. The Bertz CT molecular complexity index is 273. The fraction of sp³-hybridized carbons (Fsp3) is 0.800. The van der Waals surface area contributed by atoms with Crippen molar-refractivity contribution in [3.05, 3.63) is 5.01 Å². The van der Waals surface area contributed by atoms with Gasteiger partial charge in [0.25, 0.3) is 0 Å². The first-order valence-electron chi connectivity index (χ1n) is 5.35. The molecular formula is C10H19N3S2. The molecule has 0 aliphatic rings. The van der Waals surface area contributed by atoms with Gasteiger partial charge in [-0.05, 0) is 26.3 Å². The summed E-state index contributed by atoms with van der Waals surface area (Å²) in [7, 11) is 0. The minimum absolute atomic E-state index is 0.600. The van der Waals surface area contributed by atoms with Crippen LogP contribution < -0.4 is 5.32 Å². The third kappa shape index (κ3) is 6.12. The van der Waals surface area contributed by atoms with E-state index in [9.17, 15) is 0 Å². The van der Waals surface area contributed by atoms with Crippen molar-refractivity contribution in [1.82, 2.24) is 15.5 Å². The third-order valence-electron chi connectivity index (χ3n) is 1.86. The molecule has 0 aliphatic carbocycles. The average molecular weight is 245 g/mol. The van der Waals surface area contributed by atoms with E-state index in [4.69, 9.17) is 0 Å². The van der Waals surface area contributed by atoms with Gasteiger partial charge in [0.05, 0.1) is 0 Å². The topological polar surface area (TPSA) is 37.8 Å². The first-order valence-corrected chi connectivity index (χ1v) is 7.15. The molecule has 1 heterocycles. The summed E-state index contributed by atoms with van der Waals surface area (Å²) >= 11 is 3.50. The molecule has 86 valence electrons. The Morgan fingerprint density at radius 2 is 2.13 bits per heavy atom. The first-order chi connectivity index (χ1) is 7.18. The van der Waals surface area contributed by atoms with E-state index in [1.807, 2.05) is 18.7 Å². The molecule has 0 unspecified atom stereocenters. The van der Waals surface area contributed by atoms with E-state index in [0.717, 1.165) is 21.6 Å². The zero-order valence-electron chi connectivity index (χ0n) is 9.62. The second-order valence-electron chi connectivity index (χ2n) is 3.75. The normalized spacial score (nSPS) is 11.2. The van der Waals surface area contributed by atoms with Crippen molar-refractivity contribution < 1.29 is 0 Å². The van der Waals surface area contributed by atoms with Gasteiger partial charge in [0.15, 0.2) is 4.34 Å². The maximum Gasteiger partial charge on any atom is 0.174 e. The highest BCUT2D eigenvalue weighted by Crippen LogP contribution is 2.22. The summed E-state index contributed by atoms with van der Waals surface area (Å²) in [5, 5.41) is 12.5. The Morgan fingerprint density at radius 1 is 1.33 bits per heavy atom. The van der Waals surface area contributed by atoms with Crippen LogP contribution in [-0.4, -0.2) is 28.5 Å². The van der Waals surface area contributed by atoms with Crippen LogP contribution in [0.25, 0.3) is 0 Å². The Labute approximate surface area is 100 Å². The second-order valence-corrected chi connectivity index (χ2v) is 6.28. The zero-order valence-corrected chi connectivity index (χ0v) is 11.2. The molecule has 0 amide bonds. The summed E-state index contributed by atoms with van der Waals surface area (Å²) in [6, 6.07) is 0.600. The summed E-state index contributed by atoms with van der Waals surface area (Å²) in [4.78, 5) is 0. The smallest absolute Gasteiger partial charge is 0.174 e. The van der Waals surface area contributed by atoms with E-state index in [-0.39, 0.29) is 0 Å². The Morgan fingerprint density at radius 3 is 2.73 bits per heavy atom. The van der Waals surface area contributed by atoms with Gasteiger partial charge >= 0.3 is 0 Å². The number of hydrogen-bond acceptors (Lipinski definition) is 5. The highest BCUT2D eigenvalue weighted by Gasteiger charge is 2.00. The summed E-state index contributed by atoms with van der Waals surface area (Å²) < 4.78 is 1.10. The largest absolute Gasteiger partial charge is 0.315 e. The van der Waals surface area contributed by atoms with Gasteiger partial charge < -0.3 is 5.32 Å². The Kier molecular flexibility index (Phi) is 6.20. The molecule has 0 bridgehead atoms. The fourth-order valence-electron chi connectivity index (χ4n) is 1.11. The lowest BCUT2D eigenvalue weighted by Gasteiger charge is -2.06. The number of rotatable bonds is 7. The molecule has 1 N–H and O–H groups in total. The lowest BCUT2D eigenvalue weighted by atomic mass is 10.3. The number of unbranched alkanes of at least 4 members (excludes halogenated alkanes) is 1. The van der Waals surface area contributed by atoms with Gasteiger partial charge in [0.1, 0.15) is 5.01 Å². The number of aryl methyl sites for hydroxylation is 1.